The zero-order valence-electron chi connectivity index (χ0n) is 20.6. The van der Waals surface area contributed by atoms with Crippen LogP contribution >= 0.6 is 11.6 Å². The van der Waals surface area contributed by atoms with E-state index in [1.165, 1.54) is 8.99 Å². The number of hydrogen-bond donors (Lipinski definition) is 1. The molecule has 5 rings (SSSR count). The maximum Gasteiger partial charge on any atom is 0.316 e. The Morgan fingerprint density at radius 1 is 1.05 bits per heavy atom. The molecule has 3 aromatic rings. The average molecular weight is 544 g/mol. The molecule has 1 aromatic heterocycles. The second-order valence-corrected chi connectivity index (χ2v) is 12.4. The van der Waals surface area contributed by atoms with E-state index in [1.807, 2.05) is 23.1 Å². The highest BCUT2D eigenvalue weighted by atomic mass is 35.5. The van der Waals surface area contributed by atoms with E-state index in [0.29, 0.717) is 36.1 Å². The molecule has 2 aliphatic rings. The minimum Gasteiger partial charge on any atom is -0.486 e. The fourth-order valence-corrected chi connectivity index (χ4v) is 6.10. The molecule has 2 aromatic carbocycles. The first-order valence-electron chi connectivity index (χ1n) is 12.2. The fraction of sp³-hybridized carbons (Fsp3) is 0.385. The number of anilines is 2. The van der Waals surface area contributed by atoms with E-state index in [1.54, 1.807) is 36.4 Å². The molecule has 1 saturated heterocycles. The normalized spacial score (nSPS) is 17.5. The molecule has 11 heteroatoms. The molecule has 2 N–H and O–H groups in total. The largest absolute Gasteiger partial charge is 0.486 e. The first-order chi connectivity index (χ1) is 17.7. The van der Waals surface area contributed by atoms with Crippen molar-refractivity contribution in [2.75, 3.05) is 43.4 Å². The number of ether oxygens (including phenoxy) is 1. The zero-order chi connectivity index (χ0) is 26.2. The number of sulfonamides is 1. The Hall–Kier alpha value is -3.08. The lowest BCUT2D eigenvalue weighted by molar-refractivity contribution is 0.243. The van der Waals surface area contributed by atoms with Gasteiger partial charge in [-0.3, -0.25) is 4.79 Å². The SMILES string of the molecule is CC1(COc2c(N3CCN(S(=O)(=O)Cc4ccccc4)CC3)c(N)nn(-c3cccc(Cl)c3)c2=O)CC1. The predicted molar refractivity (Wildman–Crippen MR) is 145 cm³/mol. The van der Waals surface area contributed by atoms with Gasteiger partial charge in [0.05, 0.1) is 18.0 Å². The summed E-state index contributed by atoms with van der Waals surface area (Å²) in [5.41, 5.74) is 7.65. The number of nitrogens with zero attached hydrogens (tertiary/aromatic N) is 4. The van der Waals surface area contributed by atoms with E-state index in [4.69, 9.17) is 22.1 Å². The smallest absolute Gasteiger partial charge is 0.316 e. The lowest BCUT2D eigenvalue weighted by atomic mass is 10.2. The van der Waals surface area contributed by atoms with E-state index in [0.717, 1.165) is 18.4 Å². The summed E-state index contributed by atoms with van der Waals surface area (Å²) in [7, 11) is -3.49. The number of rotatable bonds is 8. The first kappa shape index (κ1) is 25.6. The number of benzene rings is 2. The van der Waals surface area contributed by atoms with Gasteiger partial charge >= 0.3 is 5.56 Å². The molecule has 0 unspecified atom stereocenters. The van der Waals surface area contributed by atoms with Gasteiger partial charge in [-0.2, -0.15) is 8.99 Å². The van der Waals surface area contributed by atoms with E-state index < -0.39 is 15.6 Å². The van der Waals surface area contributed by atoms with Crippen molar-refractivity contribution in [2.45, 2.75) is 25.5 Å². The number of nitrogen functional groups attached to an aromatic ring is 1. The van der Waals surface area contributed by atoms with Crippen molar-refractivity contribution in [3.05, 3.63) is 75.5 Å². The summed E-state index contributed by atoms with van der Waals surface area (Å²) in [4.78, 5) is 15.5. The maximum absolute atomic E-state index is 13.6. The van der Waals surface area contributed by atoms with Gasteiger partial charge in [0, 0.05) is 36.6 Å². The molecule has 2 fully saturated rings. The van der Waals surface area contributed by atoms with Crippen LogP contribution in [-0.4, -0.2) is 55.3 Å². The third-order valence-electron chi connectivity index (χ3n) is 6.91. The molecule has 0 amide bonds. The molecule has 1 aliphatic carbocycles. The third kappa shape index (κ3) is 5.61. The number of piperazine rings is 1. The van der Waals surface area contributed by atoms with Gasteiger partial charge in [0.2, 0.25) is 15.8 Å². The number of halogens is 1. The van der Waals surface area contributed by atoms with Crippen LogP contribution in [0.25, 0.3) is 5.69 Å². The summed E-state index contributed by atoms with van der Waals surface area (Å²) in [6.07, 6.45) is 2.06. The van der Waals surface area contributed by atoms with Gasteiger partial charge in [-0.25, -0.2) is 8.42 Å². The summed E-state index contributed by atoms with van der Waals surface area (Å²) < 4.78 is 34.9. The molecule has 37 heavy (non-hydrogen) atoms. The van der Waals surface area contributed by atoms with E-state index in [9.17, 15) is 13.2 Å². The monoisotopic (exact) mass is 543 g/mol. The van der Waals surface area contributed by atoms with Crippen LogP contribution in [0.5, 0.6) is 5.75 Å². The molecule has 0 bridgehead atoms. The zero-order valence-corrected chi connectivity index (χ0v) is 22.2. The molecular weight excluding hydrogens is 514 g/mol. The summed E-state index contributed by atoms with van der Waals surface area (Å²) in [5, 5.41) is 4.84. The molecule has 1 saturated carbocycles. The molecule has 0 atom stereocenters. The maximum atomic E-state index is 13.6. The number of hydrogen-bond acceptors (Lipinski definition) is 7. The lowest BCUT2D eigenvalue weighted by Gasteiger charge is -2.36. The van der Waals surface area contributed by atoms with E-state index in [2.05, 4.69) is 12.0 Å². The van der Waals surface area contributed by atoms with Gasteiger partial charge in [0.25, 0.3) is 0 Å². The van der Waals surface area contributed by atoms with Crippen molar-refractivity contribution in [2.24, 2.45) is 5.41 Å². The molecule has 196 valence electrons. The molecular formula is C26H30ClN5O4S. The second-order valence-electron chi connectivity index (χ2n) is 9.99. The fourth-order valence-electron chi connectivity index (χ4n) is 4.40. The van der Waals surface area contributed by atoms with Crippen LogP contribution in [0, 0.1) is 5.41 Å². The van der Waals surface area contributed by atoms with Crippen LogP contribution < -0.4 is 20.9 Å². The van der Waals surface area contributed by atoms with Crippen molar-refractivity contribution in [1.82, 2.24) is 14.1 Å². The molecule has 2 heterocycles. The standard InChI is InChI=1S/C26H30ClN5O4S/c1-26(10-11-26)18-36-23-22(24(28)29-32(25(23)33)21-9-5-8-20(27)16-21)30-12-14-31(15-13-30)37(34,35)17-19-6-3-2-4-7-19/h2-9,16H,10-15,17-18H2,1H3,(H2,28,29). The van der Waals surface area contributed by atoms with Gasteiger partial charge in [-0.1, -0.05) is 54.9 Å². The third-order valence-corrected chi connectivity index (χ3v) is 9.00. The van der Waals surface area contributed by atoms with Gasteiger partial charge in [-0.15, -0.1) is 5.10 Å². The van der Waals surface area contributed by atoms with Crippen LogP contribution in [0.15, 0.2) is 59.4 Å². The van der Waals surface area contributed by atoms with E-state index >= 15 is 0 Å². The van der Waals surface area contributed by atoms with E-state index in [-0.39, 0.29) is 35.8 Å². The highest BCUT2D eigenvalue weighted by molar-refractivity contribution is 7.88. The van der Waals surface area contributed by atoms with Crippen LogP contribution in [0.1, 0.15) is 25.3 Å². The highest BCUT2D eigenvalue weighted by Gasteiger charge is 2.39. The minimum atomic E-state index is -3.49. The quantitative estimate of drug-likeness (QED) is 0.464. The van der Waals surface area contributed by atoms with Crippen LogP contribution in [0.3, 0.4) is 0 Å². The Labute approximate surface area is 221 Å². The Kier molecular flexibility index (Phi) is 6.91. The van der Waals surface area contributed by atoms with Crippen molar-refractivity contribution >= 4 is 33.1 Å². The van der Waals surface area contributed by atoms with Crippen molar-refractivity contribution in [3.8, 4) is 11.4 Å². The Bertz CT molecular complexity index is 1450. The Morgan fingerprint density at radius 3 is 2.41 bits per heavy atom. The lowest BCUT2D eigenvalue weighted by Crippen LogP contribution is -2.49. The number of aromatic nitrogens is 2. The Morgan fingerprint density at radius 2 is 1.76 bits per heavy atom. The summed E-state index contributed by atoms with van der Waals surface area (Å²) in [6, 6.07) is 15.9. The van der Waals surface area contributed by atoms with Gasteiger partial charge in [0.1, 0.15) is 5.69 Å². The van der Waals surface area contributed by atoms with Crippen molar-refractivity contribution < 1.29 is 13.2 Å². The molecule has 1 aliphatic heterocycles. The average Bonchev–Trinajstić information content (AvgIpc) is 3.62. The second kappa shape index (κ2) is 10.00. The van der Waals surface area contributed by atoms with Crippen LogP contribution in [0.4, 0.5) is 11.5 Å². The van der Waals surface area contributed by atoms with Gasteiger partial charge in [-0.05, 0) is 36.6 Å². The summed E-state index contributed by atoms with van der Waals surface area (Å²) in [5.74, 6) is 0.206. The van der Waals surface area contributed by atoms with Crippen LogP contribution in [-0.2, 0) is 15.8 Å². The van der Waals surface area contributed by atoms with Crippen LogP contribution in [0.2, 0.25) is 5.02 Å². The minimum absolute atomic E-state index is 0.0346. The molecule has 9 nitrogen and oxygen atoms in total. The summed E-state index contributed by atoms with van der Waals surface area (Å²) >= 11 is 6.14. The highest BCUT2D eigenvalue weighted by Crippen LogP contribution is 2.45. The topological polar surface area (TPSA) is 111 Å². The van der Waals surface area contributed by atoms with Gasteiger partial charge in [0.15, 0.2) is 5.82 Å². The first-order valence-corrected chi connectivity index (χ1v) is 14.2. The number of nitrogens with two attached hydrogens (primary N) is 1. The molecule has 0 spiro atoms. The predicted octanol–water partition coefficient (Wildman–Crippen LogP) is 3.30. The van der Waals surface area contributed by atoms with Crippen molar-refractivity contribution in [1.29, 1.82) is 0 Å². The Balaban J connectivity index is 1.42. The summed E-state index contributed by atoms with van der Waals surface area (Å²) in [6.45, 7) is 3.75. The van der Waals surface area contributed by atoms with Crippen molar-refractivity contribution in [3.63, 3.8) is 0 Å². The molecule has 0 radical (unpaired) electrons. The van der Waals surface area contributed by atoms with Gasteiger partial charge < -0.3 is 15.4 Å².